The molecule has 5 rings (SSSR count). The van der Waals surface area contributed by atoms with Crippen molar-refractivity contribution in [2.75, 3.05) is 46.6 Å². The van der Waals surface area contributed by atoms with Crippen molar-refractivity contribution in [3.05, 3.63) is 66.1 Å². The number of benzene rings is 2. The van der Waals surface area contributed by atoms with Gasteiger partial charge < -0.3 is 25.8 Å². The lowest BCUT2D eigenvalue weighted by Crippen LogP contribution is -2.47. The molecule has 1 atom stereocenters. The summed E-state index contributed by atoms with van der Waals surface area (Å²) >= 11 is 0. The Hall–Kier alpha value is -3.72. The molecule has 194 valence electrons. The Kier molecular flexibility index (Phi) is 7.50. The van der Waals surface area contributed by atoms with Gasteiger partial charge >= 0.3 is 0 Å². The number of piperazine rings is 1. The topological polar surface area (TPSA) is 85.4 Å². The van der Waals surface area contributed by atoms with Gasteiger partial charge in [-0.3, -0.25) is 4.79 Å². The largest absolute Gasteiger partial charge is 0.369 e. The number of anilines is 5. The number of hydrogen-bond acceptors (Lipinski definition) is 7. The number of nitrogens with zero attached hydrogens (tertiary/aromatic N) is 4. The van der Waals surface area contributed by atoms with E-state index in [0.29, 0.717) is 18.1 Å². The van der Waals surface area contributed by atoms with E-state index in [1.807, 2.05) is 18.3 Å². The van der Waals surface area contributed by atoms with Crippen molar-refractivity contribution in [3.8, 4) is 0 Å². The average molecular weight is 504 g/mol. The third-order valence-electron chi connectivity index (χ3n) is 7.19. The minimum Gasteiger partial charge on any atom is -0.369 e. The molecule has 3 heterocycles. The van der Waals surface area contributed by atoms with Crippen LogP contribution in [0.2, 0.25) is 0 Å². The van der Waals surface area contributed by atoms with E-state index in [1.54, 1.807) is 12.1 Å². The predicted octanol–water partition coefficient (Wildman–Crippen LogP) is 4.33. The summed E-state index contributed by atoms with van der Waals surface area (Å²) in [5.74, 6) is 0.834. The summed E-state index contributed by atoms with van der Waals surface area (Å²) in [6, 6.07) is 13.9. The van der Waals surface area contributed by atoms with Crippen molar-refractivity contribution in [1.29, 1.82) is 0 Å². The Labute approximate surface area is 217 Å². The van der Waals surface area contributed by atoms with Crippen molar-refractivity contribution in [2.24, 2.45) is 0 Å². The molecule has 9 heteroatoms. The summed E-state index contributed by atoms with van der Waals surface area (Å²) in [6.45, 7) is 8.26. The van der Waals surface area contributed by atoms with Gasteiger partial charge in [0.25, 0.3) is 0 Å². The number of fused-ring (bicyclic) bond motifs is 1. The van der Waals surface area contributed by atoms with Crippen molar-refractivity contribution in [3.63, 3.8) is 0 Å². The van der Waals surface area contributed by atoms with E-state index in [4.69, 9.17) is 4.98 Å². The van der Waals surface area contributed by atoms with Crippen LogP contribution >= 0.6 is 0 Å². The molecule has 1 amide bonds. The minimum absolute atomic E-state index is 0.130. The fourth-order valence-electron chi connectivity index (χ4n) is 5.17. The maximum absolute atomic E-state index is 13.3. The molecule has 2 aromatic carbocycles. The summed E-state index contributed by atoms with van der Waals surface area (Å²) in [6.07, 6.45) is 4.12. The smallest absolute Gasteiger partial charge is 0.247 e. The monoisotopic (exact) mass is 503 g/mol. The second-order valence-electron chi connectivity index (χ2n) is 9.55. The Morgan fingerprint density at radius 3 is 2.41 bits per heavy atom. The van der Waals surface area contributed by atoms with Crippen LogP contribution in [0.5, 0.6) is 0 Å². The zero-order valence-corrected chi connectivity index (χ0v) is 21.4. The second-order valence-corrected chi connectivity index (χ2v) is 9.55. The first kappa shape index (κ1) is 25.0. The number of hydrogen-bond donors (Lipinski definition) is 3. The number of halogens is 1. The van der Waals surface area contributed by atoms with Crippen LogP contribution in [0.25, 0.3) is 0 Å². The van der Waals surface area contributed by atoms with Gasteiger partial charge in [-0.2, -0.15) is 4.98 Å². The molecule has 0 spiro atoms. The van der Waals surface area contributed by atoms with Gasteiger partial charge in [-0.15, -0.1) is 0 Å². The number of carbonyl (C=O) groups is 1. The first-order valence-corrected chi connectivity index (χ1v) is 13.1. The molecule has 1 saturated heterocycles. The molecule has 0 aliphatic carbocycles. The highest BCUT2D eigenvalue weighted by Crippen LogP contribution is 2.35. The van der Waals surface area contributed by atoms with E-state index in [0.717, 1.165) is 56.1 Å². The number of nitrogens with one attached hydrogen (secondary N) is 3. The molecule has 1 unspecified atom stereocenters. The number of carbonyl (C=O) groups excluding carboxylic acids is 1. The van der Waals surface area contributed by atoms with Crippen molar-refractivity contribution in [2.45, 2.75) is 45.2 Å². The van der Waals surface area contributed by atoms with Crippen LogP contribution in [0, 0.1) is 5.82 Å². The predicted molar refractivity (Wildman–Crippen MR) is 146 cm³/mol. The van der Waals surface area contributed by atoms with Crippen LogP contribution in [0.3, 0.4) is 0 Å². The van der Waals surface area contributed by atoms with Gasteiger partial charge in [0, 0.05) is 67.5 Å². The van der Waals surface area contributed by atoms with Crippen LogP contribution in [-0.2, 0) is 11.2 Å². The maximum Gasteiger partial charge on any atom is 0.247 e. The SMILES string of the molecule is CCC(CC)N1c2nc(Nc3ccc(N4CCNCC4)cc3)ncc2CC1C(=O)Nc1ccc(F)cc1. The molecule has 2 aliphatic rings. The molecule has 0 bridgehead atoms. The van der Waals surface area contributed by atoms with Crippen LogP contribution in [0.15, 0.2) is 54.7 Å². The van der Waals surface area contributed by atoms with Crippen molar-refractivity contribution in [1.82, 2.24) is 15.3 Å². The van der Waals surface area contributed by atoms with Gasteiger partial charge in [-0.1, -0.05) is 13.8 Å². The Balaban J connectivity index is 1.34. The Morgan fingerprint density at radius 2 is 1.73 bits per heavy atom. The summed E-state index contributed by atoms with van der Waals surface area (Å²) < 4.78 is 13.3. The molecule has 2 aliphatic heterocycles. The highest BCUT2D eigenvalue weighted by atomic mass is 19.1. The molecular weight excluding hydrogens is 469 g/mol. The standard InChI is InChI=1S/C28H34FN7O/c1-3-23(4-2)36-25(27(37)32-21-7-5-20(29)6-8-21)17-19-18-31-28(34-26(19)36)33-22-9-11-24(12-10-22)35-15-13-30-14-16-35/h5-12,18,23,25,30H,3-4,13-17H2,1-2H3,(H,32,37)(H,31,33,34). The maximum atomic E-state index is 13.3. The molecule has 0 saturated carbocycles. The van der Waals surface area contributed by atoms with Gasteiger partial charge in [0.05, 0.1) is 0 Å². The Morgan fingerprint density at radius 1 is 1.05 bits per heavy atom. The summed E-state index contributed by atoms with van der Waals surface area (Å²) in [5, 5.41) is 9.66. The molecule has 0 radical (unpaired) electrons. The first-order valence-electron chi connectivity index (χ1n) is 13.1. The lowest BCUT2D eigenvalue weighted by atomic mass is 10.1. The van der Waals surface area contributed by atoms with E-state index < -0.39 is 6.04 Å². The molecule has 3 aromatic rings. The normalized spacial score (nSPS) is 17.1. The average Bonchev–Trinajstić information content (AvgIpc) is 3.31. The molecule has 1 fully saturated rings. The molecule has 37 heavy (non-hydrogen) atoms. The molecular formula is C28H34FN7O. The number of aromatic nitrogens is 2. The third-order valence-corrected chi connectivity index (χ3v) is 7.19. The van der Waals surface area contributed by atoms with Gasteiger partial charge in [0.1, 0.15) is 17.7 Å². The van der Waals surface area contributed by atoms with Crippen molar-refractivity contribution >= 4 is 34.7 Å². The van der Waals surface area contributed by atoms with E-state index >= 15 is 0 Å². The van der Waals surface area contributed by atoms with E-state index in [1.165, 1.54) is 17.8 Å². The van der Waals surface area contributed by atoms with E-state index in [9.17, 15) is 9.18 Å². The van der Waals surface area contributed by atoms with Gasteiger partial charge in [-0.05, 0) is 61.4 Å². The van der Waals surface area contributed by atoms with Gasteiger partial charge in [0.15, 0.2) is 0 Å². The van der Waals surface area contributed by atoms with Crippen molar-refractivity contribution < 1.29 is 9.18 Å². The molecule has 3 N–H and O–H groups in total. The summed E-state index contributed by atoms with van der Waals surface area (Å²) in [7, 11) is 0. The lowest BCUT2D eigenvalue weighted by molar-refractivity contribution is -0.117. The summed E-state index contributed by atoms with van der Waals surface area (Å²) in [5.41, 5.74) is 3.64. The number of amides is 1. The second kappa shape index (κ2) is 11.1. The van der Waals surface area contributed by atoms with Gasteiger partial charge in [0.2, 0.25) is 11.9 Å². The summed E-state index contributed by atoms with van der Waals surface area (Å²) in [4.78, 5) is 27.3. The van der Waals surface area contributed by atoms with Gasteiger partial charge in [-0.25, -0.2) is 9.37 Å². The van der Waals surface area contributed by atoms with Crippen LogP contribution in [0.1, 0.15) is 32.3 Å². The fourth-order valence-corrected chi connectivity index (χ4v) is 5.17. The Bertz CT molecular complexity index is 1210. The zero-order valence-electron chi connectivity index (χ0n) is 21.4. The minimum atomic E-state index is -0.409. The quantitative estimate of drug-likeness (QED) is 0.422. The molecule has 1 aromatic heterocycles. The lowest BCUT2D eigenvalue weighted by Gasteiger charge is -2.33. The van der Waals surface area contributed by atoms with Crippen LogP contribution < -0.4 is 25.8 Å². The van der Waals surface area contributed by atoms with E-state index in [-0.39, 0.29) is 17.8 Å². The fraction of sp³-hybridized carbons (Fsp3) is 0.393. The molecule has 8 nitrogen and oxygen atoms in total. The van der Waals surface area contributed by atoms with Crippen LogP contribution in [0.4, 0.5) is 33.2 Å². The zero-order chi connectivity index (χ0) is 25.8. The third kappa shape index (κ3) is 5.51. The van der Waals surface area contributed by atoms with Crippen LogP contribution in [-0.4, -0.2) is 54.1 Å². The highest BCUT2D eigenvalue weighted by molar-refractivity contribution is 5.98. The number of rotatable bonds is 8. The highest BCUT2D eigenvalue weighted by Gasteiger charge is 2.39. The first-order chi connectivity index (χ1) is 18.1. The van der Waals surface area contributed by atoms with E-state index in [2.05, 4.69) is 56.7 Å².